The molecule has 7 nitrogen and oxygen atoms in total. The fraction of sp³-hybridized carbons (Fsp3) is 0.500. The van der Waals surface area contributed by atoms with E-state index in [1.54, 1.807) is 0 Å². The minimum atomic E-state index is -0.865. The summed E-state index contributed by atoms with van der Waals surface area (Å²) in [4.78, 5) is 36.0. The van der Waals surface area contributed by atoms with Crippen molar-refractivity contribution < 1.29 is 0 Å². The summed E-state index contributed by atoms with van der Waals surface area (Å²) in [7, 11) is 0. The zero-order valence-corrected chi connectivity index (χ0v) is 12.9. The molecule has 2 aromatic heterocycles. The predicted molar refractivity (Wildman–Crippen MR) is 77.9 cm³/mol. The molecule has 2 aromatic rings. The van der Waals surface area contributed by atoms with Crippen molar-refractivity contribution in [3.05, 3.63) is 31.3 Å². The second-order valence-corrected chi connectivity index (χ2v) is 5.52. The van der Waals surface area contributed by atoms with E-state index >= 15 is 0 Å². The molecule has 1 unspecified atom stereocenters. The molecule has 0 spiro atoms. The lowest BCUT2D eigenvalue weighted by Crippen LogP contribution is -2.39. The van der Waals surface area contributed by atoms with Gasteiger partial charge in [-0.3, -0.25) is 9.36 Å². The molecule has 20 heavy (non-hydrogen) atoms. The van der Waals surface area contributed by atoms with Crippen LogP contribution in [0.5, 0.6) is 0 Å². The fourth-order valence-corrected chi connectivity index (χ4v) is 2.59. The number of fused-ring (bicyclic) bond motifs is 1. The van der Waals surface area contributed by atoms with Gasteiger partial charge in [-0.1, -0.05) is 20.3 Å². The number of imidazole rings is 1. The van der Waals surface area contributed by atoms with Crippen LogP contribution in [0.25, 0.3) is 11.2 Å². The maximum Gasteiger partial charge on any atom is 0.360 e. The summed E-state index contributed by atoms with van der Waals surface area (Å²) in [6, 6.07) is 0. The number of aromatic nitrogens is 4. The molecular weight excluding hydrogens is 330 g/mol. The minimum absolute atomic E-state index is 0.0862. The lowest BCUT2D eigenvalue weighted by atomic mass is 10.1. The summed E-state index contributed by atoms with van der Waals surface area (Å²) < 4.78 is 2.65. The van der Waals surface area contributed by atoms with Gasteiger partial charge in [-0.25, -0.2) is 9.59 Å². The first kappa shape index (κ1) is 15.2. The number of nitrogens with zero attached hydrogens (tertiary/aromatic N) is 4. The largest absolute Gasteiger partial charge is 0.360 e. The fourth-order valence-electron chi connectivity index (χ4n) is 1.81. The van der Waals surface area contributed by atoms with Gasteiger partial charge in [-0.2, -0.15) is 12.3 Å². The molecule has 1 atom stereocenters. The van der Waals surface area contributed by atoms with Gasteiger partial charge in [-0.05, 0) is 5.92 Å². The maximum absolute atomic E-state index is 12.3. The molecule has 0 N–H and O–H groups in total. The van der Waals surface area contributed by atoms with E-state index < -0.39 is 16.9 Å². The smallest absolute Gasteiger partial charge is 0.267 e. The number of hydrogen-bond acceptors (Lipinski definition) is 3. The Labute approximate surface area is 127 Å². The van der Waals surface area contributed by atoms with Gasteiger partial charge in [-0.15, -0.1) is 0 Å². The average molecular weight is 342 g/mol. The van der Waals surface area contributed by atoms with Crippen molar-refractivity contribution in [3.63, 3.8) is 0 Å². The van der Waals surface area contributed by atoms with E-state index in [1.807, 2.05) is 13.8 Å². The van der Waals surface area contributed by atoms with Crippen molar-refractivity contribution in [2.45, 2.75) is 26.8 Å². The van der Waals surface area contributed by atoms with Crippen molar-refractivity contribution in [3.8, 4) is 0 Å². The molecule has 0 saturated carbocycles. The monoisotopic (exact) mass is 340 g/mol. The van der Waals surface area contributed by atoms with E-state index in [0.717, 1.165) is 11.0 Å². The third-order valence-electron chi connectivity index (χ3n) is 3.15. The van der Waals surface area contributed by atoms with Crippen LogP contribution in [-0.4, -0.2) is 16.8 Å². The number of halogens is 3. The lowest BCUT2D eigenvalue weighted by molar-refractivity contribution is 0.447. The molecule has 0 aliphatic carbocycles. The Balaban J connectivity index is 2.94. The zero-order valence-electron chi connectivity index (χ0n) is 10.6. The van der Waals surface area contributed by atoms with Gasteiger partial charge in [0.15, 0.2) is 11.2 Å². The van der Waals surface area contributed by atoms with Gasteiger partial charge in [0.2, 0.25) is 0 Å². The molecule has 0 aliphatic heterocycles. The maximum atomic E-state index is 12.3. The van der Waals surface area contributed by atoms with Crippen LogP contribution < -0.4 is 16.9 Å². The molecule has 0 bridgehead atoms. The summed E-state index contributed by atoms with van der Waals surface area (Å²) in [6.07, 6.45) is 0.774. The first-order valence-corrected chi connectivity index (χ1v) is 6.84. The Morgan fingerprint density at radius 3 is 2.10 bits per heavy atom. The zero-order chi connectivity index (χ0) is 15.2. The van der Waals surface area contributed by atoms with E-state index in [-0.39, 0.29) is 23.6 Å². The van der Waals surface area contributed by atoms with Crippen molar-refractivity contribution >= 4 is 46.5 Å². The molecule has 0 amide bonds. The van der Waals surface area contributed by atoms with E-state index in [4.69, 9.17) is 35.3 Å². The van der Waals surface area contributed by atoms with E-state index in [2.05, 4.69) is 0 Å². The van der Waals surface area contributed by atoms with Gasteiger partial charge in [0, 0.05) is 41.9 Å². The SMILES string of the molecule is CCC(C)Cn1c(=O)c2c(n(Cl)c1=O)n(Cl)c(=O)n2Cl. The first-order chi connectivity index (χ1) is 9.31. The van der Waals surface area contributed by atoms with Crippen molar-refractivity contribution in [2.24, 2.45) is 5.92 Å². The minimum Gasteiger partial charge on any atom is -0.267 e. The summed E-state index contributed by atoms with van der Waals surface area (Å²) in [6.45, 7) is 3.99. The highest BCUT2D eigenvalue weighted by atomic mass is 35.5. The van der Waals surface area contributed by atoms with Gasteiger partial charge in [0.25, 0.3) is 5.56 Å². The number of hydrogen-bond donors (Lipinski definition) is 0. The van der Waals surface area contributed by atoms with Crippen LogP contribution in [0.4, 0.5) is 0 Å². The van der Waals surface area contributed by atoms with Crippen LogP contribution >= 0.6 is 35.3 Å². The Bertz CT molecular complexity index is 845. The third-order valence-corrected chi connectivity index (χ3v) is 4.08. The van der Waals surface area contributed by atoms with Crippen LogP contribution in [0.1, 0.15) is 20.3 Å². The highest BCUT2D eigenvalue weighted by Crippen LogP contribution is 2.11. The predicted octanol–water partition coefficient (Wildman–Crippen LogP) is 1.18. The summed E-state index contributed by atoms with van der Waals surface area (Å²) in [5, 5.41) is 0. The first-order valence-electron chi connectivity index (χ1n) is 5.83. The standard InChI is InChI=1S/C10H11Cl3N4O3/c1-3-5(2)4-14-8(18)6-7(16(12)9(14)19)17(13)10(20)15(6)11/h5H,3-4H2,1-2H3. The van der Waals surface area contributed by atoms with Crippen molar-refractivity contribution in [2.75, 3.05) is 0 Å². The highest BCUT2D eigenvalue weighted by Gasteiger charge is 2.22. The van der Waals surface area contributed by atoms with E-state index in [1.165, 1.54) is 0 Å². The molecule has 0 aliphatic rings. The molecule has 110 valence electrons. The van der Waals surface area contributed by atoms with Gasteiger partial charge in [0.05, 0.1) is 0 Å². The average Bonchev–Trinajstić information content (AvgIpc) is 2.65. The van der Waals surface area contributed by atoms with Crippen LogP contribution in [-0.2, 0) is 6.54 Å². The van der Waals surface area contributed by atoms with Crippen LogP contribution in [0.15, 0.2) is 14.4 Å². The third kappa shape index (κ3) is 2.10. The molecule has 0 fully saturated rings. The molecule has 2 heterocycles. The normalized spacial score (nSPS) is 13.1. The van der Waals surface area contributed by atoms with E-state index in [0.29, 0.717) is 12.3 Å². The molecule has 0 saturated heterocycles. The second-order valence-electron chi connectivity index (χ2n) is 4.51. The Morgan fingerprint density at radius 2 is 1.55 bits per heavy atom. The quantitative estimate of drug-likeness (QED) is 0.841. The molecule has 0 aromatic carbocycles. The van der Waals surface area contributed by atoms with Crippen LogP contribution in [0, 0.1) is 5.92 Å². The Kier molecular flexibility index (Phi) is 4.04. The van der Waals surface area contributed by atoms with Crippen molar-refractivity contribution in [1.29, 1.82) is 0 Å². The molecule has 2 rings (SSSR count). The van der Waals surface area contributed by atoms with Crippen molar-refractivity contribution in [1.82, 2.24) is 16.8 Å². The Morgan fingerprint density at radius 1 is 1.00 bits per heavy atom. The summed E-state index contributed by atoms with van der Waals surface area (Å²) in [5.74, 6) is 0.0862. The Hall–Kier alpha value is -1.18. The summed E-state index contributed by atoms with van der Waals surface area (Å²) >= 11 is 17.3. The number of rotatable bonds is 3. The molecule has 0 radical (unpaired) electrons. The topological polar surface area (TPSA) is 70.9 Å². The van der Waals surface area contributed by atoms with Crippen LogP contribution in [0.3, 0.4) is 0 Å². The van der Waals surface area contributed by atoms with Crippen LogP contribution in [0.2, 0.25) is 0 Å². The second kappa shape index (κ2) is 5.31. The molecule has 10 heteroatoms. The van der Waals surface area contributed by atoms with Gasteiger partial charge >= 0.3 is 11.4 Å². The molecular formula is C10H11Cl3N4O3. The van der Waals surface area contributed by atoms with Gasteiger partial charge in [0.1, 0.15) is 0 Å². The lowest BCUT2D eigenvalue weighted by Gasteiger charge is -2.11. The highest BCUT2D eigenvalue weighted by molar-refractivity contribution is 6.25. The van der Waals surface area contributed by atoms with E-state index in [9.17, 15) is 14.4 Å². The van der Waals surface area contributed by atoms with Gasteiger partial charge < -0.3 is 0 Å². The summed E-state index contributed by atoms with van der Waals surface area (Å²) in [5.41, 5.74) is -2.81.